The summed E-state index contributed by atoms with van der Waals surface area (Å²) in [7, 11) is 0. The predicted molar refractivity (Wildman–Crippen MR) is 60.0 cm³/mol. The highest BCUT2D eigenvalue weighted by Crippen LogP contribution is 2.20. The quantitative estimate of drug-likeness (QED) is 0.784. The number of aryl methyl sites for hydroxylation is 1. The number of carbonyl (C=O) groups is 1. The van der Waals surface area contributed by atoms with Gasteiger partial charge in [-0.25, -0.2) is 0 Å². The fourth-order valence-corrected chi connectivity index (χ4v) is 2.33. The molecule has 1 aliphatic heterocycles. The van der Waals surface area contributed by atoms with Gasteiger partial charge in [0.15, 0.2) is 5.76 Å². The Bertz CT molecular complexity index is 373. The maximum Gasteiger partial charge on any atom is 0.150 e. The van der Waals surface area contributed by atoms with Crippen molar-refractivity contribution < 1.29 is 9.32 Å². The number of piperidine rings is 1. The van der Waals surface area contributed by atoms with Crippen molar-refractivity contribution in [3.63, 3.8) is 0 Å². The lowest BCUT2D eigenvalue weighted by Crippen LogP contribution is -2.43. The minimum atomic E-state index is 0.0687. The van der Waals surface area contributed by atoms with Crippen LogP contribution in [0.5, 0.6) is 0 Å². The first kappa shape index (κ1) is 11.3. The predicted octanol–water partition coefficient (Wildman–Crippen LogP) is 1.93. The molecule has 0 radical (unpaired) electrons. The van der Waals surface area contributed by atoms with Crippen molar-refractivity contribution in [1.82, 2.24) is 10.1 Å². The zero-order valence-electron chi connectivity index (χ0n) is 9.90. The molecule has 1 aromatic rings. The molecule has 4 nitrogen and oxygen atoms in total. The molecule has 4 heteroatoms. The van der Waals surface area contributed by atoms with E-state index in [4.69, 9.17) is 4.52 Å². The largest absolute Gasteiger partial charge is 0.360 e. The van der Waals surface area contributed by atoms with Crippen molar-refractivity contribution in [1.29, 1.82) is 0 Å². The first-order valence-corrected chi connectivity index (χ1v) is 5.83. The van der Waals surface area contributed by atoms with E-state index < -0.39 is 0 Å². The smallest absolute Gasteiger partial charge is 0.150 e. The van der Waals surface area contributed by atoms with Gasteiger partial charge in [-0.15, -0.1) is 0 Å². The molecule has 16 heavy (non-hydrogen) atoms. The highest BCUT2D eigenvalue weighted by Gasteiger charge is 2.26. The molecule has 0 amide bonds. The first-order valence-electron chi connectivity index (χ1n) is 5.83. The number of Topliss-reactive ketones (excluding diaryl/α,β-unsaturated/α-hetero) is 1. The third-order valence-corrected chi connectivity index (χ3v) is 3.12. The summed E-state index contributed by atoms with van der Waals surface area (Å²) in [5, 5.41) is 3.87. The Labute approximate surface area is 95.6 Å². The zero-order valence-corrected chi connectivity index (χ0v) is 9.90. The van der Waals surface area contributed by atoms with Crippen LogP contribution < -0.4 is 0 Å². The number of carbonyl (C=O) groups excluding carboxylic acids is 1. The summed E-state index contributed by atoms with van der Waals surface area (Å²) in [6.07, 6.45) is 3.29. The summed E-state index contributed by atoms with van der Waals surface area (Å²) in [4.78, 5) is 13.7. The average Bonchev–Trinajstić information content (AvgIpc) is 2.64. The van der Waals surface area contributed by atoms with Crippen molar-refractivity contribution in [2.45, 2.75) is 45.7 Å². The maximum absolute atomic E-state index is 11.5. The van der Waals surface area contributed by atoms with Crippen LogP contribution in [0.4, 0.5) is 0 Å². The number of likely N-dealkylation sites (tertiary alicyclic amines) is 1. The normalized spacial score (nSPS) is 22.2. The van der Waals surface area contributed by atoms with Gasteiger partial charge in [-0.2, -0.15) is 0 Å². The van der Waals surface area contributed by atoms with Gasteiger partial charge in [0.1, 0.15) is 5.78 Å². The first-order chi connectivity index (χ1) is 7.66. The molecular formula is C12H18N2O2. The SMILES string of the molecule is CC(=O)C1CCCCN1Cc1cc(C)no1. The third kappa shape index (κ3) is 2.50. The molecule has 88 valence electrons. The summed E-state index contributed by atoms with van der Waals surface area (Å²) in [6, 6.07) is 2.00. The van der Waals surface area contributed by atoms with Gasteiger partial charge in [0.2, 0.25) is 0 Å². The number of rotatable bonds is 3. The van der Waals surface area contributed by atoms with Crippen molar-refractivity contribution in [2.75, 3.05) is 6.54 Å². The second kappa shape index (κ2) is 4.78. The second-order valence-corrected chi connectivity index (χ2v) is 4.53. The third-order valence-electron chi connectivity index (χ3n) is 3.12. The van der Waals surface area contributed by atoms with Gasteiger partial charge in [-0.1, -0.05) is 11.6 Å². The Balaban J connectivity index is 2.03. The molecule has 0 aromatic carbocycles. The number of aromatic nitrogens is 1. The molecule has 1 aromatic heterocycles. The molecule has 2 heterocycles. The van der Waals surface area contributed by atoms with Gasteiger partial charge in [0, 0.05) is 6.07 Å². The lowest BCUT2D eigenvalue weighted by molar-refractivity contribution is -0.123. The second-order valence-electron chi connectivity index (χ2n) is 4.53. The number of hydrogen-bond acceptors (Lipinski definition) is 4. The number of nitrogens with zero attached hydrogens (tertiary/aromatic N) is 2. The standard InChI is InChI=1S/C12H18N2O2/c1-9-7-11(16-13-9)8-14-6-4-3-5-12(14)10(2)15/h7,12H,3-6,8H2,1-2H3. The molecule has 0 N–H and O–H groups in total. The van der Waals surface area contributed by atoms with E-state index in [2.05, 4.69) is 10.1 Å². The lowest BCUT2D eigenvalue weighted by Gasteiger charge is -2.33. The molecule has 2 rings (SSSR count). The van der Waals surface area contributed by atoms with Crippen molar-refractivity contribution >= 4 is 5.78 Å². The summed E-state index contributed by atoms with van der Waals surface area (Å²) in [6.45, 7) is 5.26. The molecular weight excluding hydrogens is 204 g/mol. The molecule has 0 spiro atoms. The maximum atomic E-state index is 11.5. The molecule has 1 saturated heterocycles. The minimum Gasteiger partial charge on any atom is -0.360 e. The van der Waals surface area contributed by atoms with Crippen LogP contribution in [-0.2, 0) is 11.3 Å². The van der Waals surface area contributed by atoms with E-state index in [1.54, 1.807) is 6.92 Å². The Morgan fingerprint density at radius 1 is 1.62 bits per heavy atom. The van der Waals surface area contributed by atoms with Crippen LogP contribution in [0.15, 0.2) is 10.6 Å². The van der Waals surface area contributed by atoms with Gasteiger partial charge < -0.3 is 4.52 Å². The van der Waals surface area contributed by atoms with E-state index >= 15 is 0 Å². The van der Waals surface area contributed by atoms with E-state index in [1.807, 2.05) is 13.0 Å². The lowest BCUT2D eigenvalue weighted by atomic mass is 9.99. The van der Waals surface area contributed by atoms with Crippen LogP contribution in [0.3, 0.4) is 0 Å². The van der Waals surface area contributed by atoms with Crippen LogP contribution in [0, 0.1) is 6.92 Å². The monoisotopic (exact) mass is 222 g/mol. The highest BCUT2D eigenvalue weighted by molar-refractivity contribution is 5.81. The fourth-order valence-electron chi connectivity index (χ4n) is 2.33. The molecule has 1 aliphatic rings. The van der Waals surface area contributed by atoms with E-state index in [0.29, 0.717) is 6.54 Å². The Morgan fingerprint density at radius 3 is 3.06 bits per heavy atom. The van der Waals surface area contributed by atoms with Crippen LogP contribution in [-0.4, -0.2) is 28.4 Å². The number of ketones is 1. The van der Waals surface area contributed by atoms with Gasteiger partial charge in [0.05, 0.1) is 18.3 Å². The van der Waals surface area contributed by atoms with Gasteiger partial charge >= 0.3 is 0 Å². The molecule has 1 fully saturated rings. The van der Waals surface area contributed by atoms with Crippen LogP contribution >= 0.6 is 0 Å². The van der Waals surface area contributed by atoms with Crippen molar-refractivity contribution in [2.24, 2.45) is 0 Å². The zero-order chi connectivity index (χ0) is 11.5. The Morgan fingerprint density at radius 2 is 2.44 bits per heavy atom. The van der Waals surface area contributed by atoms with Crippen LogP contribution in [0.25, 0.3) is 0 Å². The summed E-state index contributed by atoms with van der Waals surface area (Å²) in [5.74, 6) is 1.11. The number of hydrogen-bond donors (Lipinski definition) is 0. The molecule has 0 bridgehead atoms. The molecule has 1 unspecified atom stereocenters. The highest BCUT2D eigenvalue weighted by atomic mass is 16.5. The summed E-state index contributed by atoms with van der Waals surface area (Å²) in [5.41, 5.74) is 0.895. The fraction of sp³-hybridized carbons (Fsp3) is 0.667. The van der Waals surface area contributed by atoms with E-state index in [0.717, 1.165) is 37.3 Å². The Kier molecular flexibility index (Phi) is 3.39. The minimum absolute atomic E-state index is 0.0687. The molecule has 0 saturated carbocycles. The Hall–Kier alpha value is -1.16. The summed E-state index contributed by atoms with van der Waals surface area (Å²) >= 11 is 0. The molecule has 1 atom stereocenters. The van der Waals surface area contributed by atoms with E-state index in [9.17, 15) is 4.79 Å². The molecule has 0 aliphatic carbocycles. The van der Waals surface area contributed by atoms with Gasteiger partial charge in [-0.05, 0) is 33.2 Å². The average molecular weight is 222 g/mol. The summed E-state index contributed by atoms with van der Waals surface area (Å²) < 4.78 is 5.19. The van der Waals surface area contributed by atoms with Gasteiger partial charge in [-0.3, -0.25) is 9.69 Å². The van der Waals surface area contributed by atoms with Crippen LogP contribution in [0.2, 0.25) is 0 Å². The van der Waals surface area contributed by atoms with E-state index in [1.165, 1.54) is 0 Å². The van der Waals surface area contributed by atoms with E-state index in [-0.39, 0.29) is 11.8 Å². The van der Waals surface area contributed by atoms with Crippen LogP contribution in [0.1, 0.15) is 37.6 Å². The topological polar surface area (TPSA) is 46.3 Å². The van der Waals surface area contributed by atoms with Crippen molar-refractivity contribution in [3.05, 3.63) is 17.5 Å². The van der Waals surface area contributed by atoms with Gasteiger partial charge in [0.25, 0.3) is 0 Å². The van der Waals surface area contributed by atoms with Crippen molar-refractivity contribution in [3.8, 4) is 0 Å².